The predicted octanol–water partition coefficient (Wildman–Crippen LogP) is 2.30. The molecule has 2 saturated heterocycles. The summed E-state index contributed by atoms with van der Waals surface area (Å²) in [6, 6.07) is 10.9. The summed E-state index contributed by atoms with van der Waals surface area (Å²) in [6.45, 7) is 2.11. The lowest BCUT2D eigenvalue weighted by molar-refractivity contribution is -0.126. The summed E-state index contributed by atoms with van der Waals surface area (Å²) in [5, 5.41) is 4.70. The Kier molecular flexibility index (Phi) is 3.79. The van der Waals surface area contributed by atoms with Gasteiger partial charge in [0.1, 0.15) is 5.60 Å². The van der Waals surface area contributed by atoms with E-state index in [-0.39, 0.29) is 24.3 Å². The van der Waals surface area contributed by atoms with Crippen LogP contribution in [0.2, 0.25) is 0 Å². The van der Waals surface area contributed by atoms with Crippen LogP contribution in [0.3, 0.4) is 0 Å². The van der Waals surface area contributed by atoms with Crippen molar-refractivity contribution in [2.45, 2.75) is 18.6 Å². The summed E-state index contributed by atoms with van der Waals surface area (Å²) in [4.78, 5) is 40.5. The van der Waals surface area contributed by atoms with E-state index in [1.807, 2.05) is 42.7 Å². The van der Waals surface area contributed by atoms with Gasteiger partial charge in [-0.1, -0.05) is 35.9 Å². The number of benzene rings is 1. The molecule has 1 N–H and O–H groups in total. The van der Waals surface area contributed by atoms with Gasteiger partial charge in [-0.2, -0.15) is 0 Å². The molecule has 5 rings (SSSR count). The lowest BCUT2D eigenvalue weighted by Crippen LogP contribution is -2.48. The molecular weight excluding hydrogens is 376 g/mol. The van der Waals surface area contributed by atoms with Crippen LogP contribution >= 0.6 is 11.3 Å². The van der Waals surface area contributed by atoms with E-state index in [9.17, 15) is 14.4 Å². The fourth-order valence-electron chi connectivity index (χ4n) is 4.37. The SMILES string of the molecule is Cc1ccc(N2C(=O)[C@H]3[C@@H](C2=O)[C@@]2(CNC(=O)c4cccs4)C=C[C@H]3O2)cc1. The molecule has 0 unspecified atom stereocenters. The third-order valence-corrected chi connectivity index (χ3v) is 6.59. The third-order valence-electron chi connectivity index (χ3n) is 5.72. The molecule has 2 fully saturated rings. The molecule has 0 aliphatic carbocycles. The summed E-state index contributed by atoms with van der Waals surface area (Å²) < 4.78 is 6.05. The van der Waals surface area contributed by atoms with Crippen LogP contribution in [0.15, 0.2) is 53.9 Å². The number of fused-ring (bicyclic) bond motifs is 5. The second-order valence-corrected chi connectivity index (χ2v) is 8.36. The number of aryl methyl sites for hydroxylation is 1. The van der Waals surface area contributed by atoms with Gasteiger partial charge >= 0.3 is 0 Å². The molecule has 2 bridgehead atoms. The normalized spacial score (nSPS) is 30.2. The van der Waals surface area contributed by atoms with E-state index in [2.05, 4.69) is 5.32 Å². The summed E-state index contributed by atoms with van der Waals surface area (Å²) in [5.41, 5.74) is 0.655. The summed E-state index contributed by atoms with van der Waals surface area (Å²) >= 11 is 1.35. The molecule has 1 aromatic carbocycles. The molecule has 3 aliphatic heterocycles. The second kappa shape index (κ2) is 6.12. The first-order valence-corrected chi connectivity index (χ1v) is 10.0. The Labute approximate surface area is 165 Å². The average Bonchev–Trinajstić information content (AvgIpc) is 3.45. The van der Waals surface area contributed by atoms with Crippen LogP contribution in [0.25, 0.3) is 0 Å². The molecule has 142 valence electrons. The molecule has 6 nitrogen and oxygen atoms in total. The first-order chi connectivity index (χ1) is 13.5. The lowest BCUT2D eigenvalue weighted by atomic mass is 9.77. The molecule has 0 spiro atoms. The third kappa shape index (κ3) is 2.40. The van der Waals surface area contributed by atoms with Gasteiger partial charge in [0, 0.05) is 0 Å². The monoisotopic (exact) mass is 394 g/mol. The molecule has 0 saturated carbocycles. The molecule has 3 aliphatic rings. The number of nitrogens with one attached hydrogen (secondary N) is 1. The molecule has 1 aromatic heterocycles. The van der Waals surface area contributed by atoms with Crippen molar-refractivity contribution in [1.82, 2.24) is 5.32 Å². The van der Waals surface area contributed by atoms with Crippen LogP contribution in [0.5, 0.6) is 0 Å². The van der Waals surface area contributed by atoms with E-state index in [0.29, 0.717) is 10.6 Å². The van der Waals surface area contributed by atoms with Crippen molar-refractivity contribution < 1.29 is 19.1 Å². The summed E-state index contributed by atoms with van der Waals surface area (Å²) in [5.74, 6) is -1.88. The number of hydrogen-bond acceptors (Lipinski definition) is 5. The van der Waals surface area contributed by atoms with E-state index in [0.717, 1.165) is 5.56 Å². The molecular formula is C21H18N2O4S. The van der Waals surface area contributed by atoms with E-state index >= 15 is 0 Å². The van der Waals surface area contributed by atoms with Crippen molar-refractivity contribution in [3.05, 3.63) is 64.4 Å². The molecule has 0 radical (unpaired) electrons. The quantitative estimate of drug-likeness (QED) is 0.638. The van der Waals surface area contributed by atoms with Gasteiger partial charge in [-0.25, -0.2) is 4.90 Å². The minimum Gasteiger partial charge on any atom is -0.360 e. The minimum atomic E-state index is -0.978. The smallest absolute Gasteiger partial charge is 0.261 e. The number of imide groups is 1. The zero-order chi connectivity index (χ0) is 19.5. The zero-order valence-corrected chi connectivity index (χ0v) is 15.9. The Morgan fingerprint density at radius 3 is 2.71 bits per heavy atom. The van der Waals surface area contributed by atoms with Crippen molar-refractivity contribution in [2.24, 2.45) is 11.8 Å². The Hall–Kier alpha value is -2.77. The molecule has 28 heavy (non-hydrogen) atoms. The van der Waals surface area contributed by atoms with Crippen molar-refractivity contribution in [2.75, 3.05) is 11.4 Å². The van der Waals surface area contributed by atoms with Crippen LogP contribution < -0.4 is 10.2 Å². The minimum absolute atomic E-state index is 0.151. The van der Waals surface area contributed by atoms with E-state index in [4.69, 9.17) is 4.74 Å². The zero-order valence-electron chi connectivity index (χ0n) is 15.1. The highest BCUT2D eigenvalue weighted by Crippen LogP contribution is 2.52. The molecule has 2 aromatic rings. The van der Waals surface area contributed by atoms with Gasteiger partial charge in [-0.05, 0) is 30.5 Å². The standard InChI is InChI=1S/C21H18N2O4S/c1-12-4-6-13(7-5-12)23-19(25)16-14-8-9-21(27-14,17(16)20(23)26)11-22-18(24)15-3-2-10-28-15/h2-10,14,16-17H,11H2,1H3,(H,22,24)/t14-,16-,17+,21+/m1/s1. The maximum absolute atomic E-state index is 13.2. The Bertz CT molecular complexity index is 998. The largest absolute Gasteiger partial charge is 0.360 e. The van der Waals surface area contributed by atoms with Crippen molar-refractivity contribution in [1.29, 1.82) is 0 Å². The highest BCUT2D eigenvalue weighted by Gasteiger charge is 2.67. The highest BCUT2D eigenvalue weighted by atomic mass is 32.1. The fourth-order valence-corrected chi connectivity index (χ4v) is 5.01. The van der Waals surface area contributed by atoms with Gasteiger partial charge in [-0.3, -0.25) is 14.4 Å². The number of nitrogens with zero attached hydrogens (tertiary/aromatic N) is 1. The van der Waals surface area contributed by atoms with Crippen LogP contribution in [0.4, 0.5) is 5.69 Å². The van der Waals surface area contributed by atoms with Gasteiger partial charge in [0.05, 0.1) is 35.0 Å². The number of anilines is 1. The molecule has 7 heteroatoms. The number of carbonyl (C=O) groups excluding carboxylic acids is 3. The molecule has 3 amide bonds. The molecule has 4 atom stereocenters. The number of ether oxygens (including phenoxy) is 1. The Morgan fingerprint density at radius 1 is 1.21 bits per heavy atom. The van der Waals surface area contributed by atoms with Crippen molar-refractivity contribution in [3.8, 4) is 0 Å². The van der Waals surface area contributed by atoms with Crippen molar-refractivity contribution >= 4 is 34.7 Å². The number of carbonyl (C=O) groups is 3. The number of hydrogen-bond donors (Lipinski definition) is 1. The highest BCUT2D eigenvalue weighted by molar-refractivity contribution is 7.12. The van der Waals surface area contributed by atoms with Gasteiger partial charge in [-0.15, -0.1) is 11.3 Å². The van der Waals surface area contributed by atoms with Crippen LogP contribution in [0.1, 0.15) is 15.2 Å². The van der Waals surface area contributed by atoms with Crippen LogP contribution in [-0.2, 0) is 14.3 Å². The number of amides is 3. The lowest BCUT2D eigenvalue weighted by Gasteiger charge is -2.29. The Morgan fingerprint density at radius 2 is 2.00 bits per heavy atom. The summed E-state index contributed by atoms with van der Waals surface area (Å²) in [6.07, 6.45) is 3.23. The topological polar surface area (TPSA) is 75.7 Å². The van der Waals surface area contributed by atoms with Crippen LogP contribution in [0, 0.1) is 18.8 Å². The maximum Gasteiger partial charge on any atom is 0.261 e. The summed E-state index contributed by atoms with van der Waals surface area (Å²) in [7, 11) is 0. The van der Waals surface area contributed by atoms with Crippen LogP contribution in [-0.4, -0.2) is 36.0 Å². The molecule has 4 heterocycles. The first kappa shape index (κ1) is 17.3. The number of rotatable bonds is 4. The van der Waals surface area contributed by atoms with Gasteiger partial charge in [0.15, 0.2) is 0 Å². The first-order valence-electron chi connectivity index (χ1n) is 9.13. The Balaban J connectivity index is 1.42. The van der Waals surface area contributed by atoms with Gasteiger partial charge < -0.3 is 10.1 Å². The second-order valence-electron chi connectivity index (χ2n) is 7.41. The predicted molar refractivity (Wildman–Crippen MR) is 104 cm³/mol. The van der Waals surface area contributed by atoms with Gasteiger partial charge in [0.25, 0.3) is 5.91 Å². The van der Waals surface area contributed by atoms with E-state index in [1.165, 1.54) is 16.2 Å². The van der Waals surface area contributed by atoms with E-state index < -0.39 is 23.5 Å². The number of thiophene rings is 1. The average molecular weight is 394 g/mol. The van der Waals surface area contributed by atoms with Gasteiger partial charge in [0.2, 0.25) is 11.8 Å². The fraction of sp³-hybridized carbons (Fsp3) is 0.286. The van der Waals surface area contributed by atoms with Crippen molar-refractivity contribution in [3.63, 3.8) is 0 Å². The van der Waals surface area contributed by atoms with E-state index in [1.54, 1.807) is 18.2 Å². The maximum atomic E-state index is 13.2.